The molecule has 0 radical (unpaired) electrons. The molecule has 1 atom stereocenters. The highest BCUT2D eigenvalue weighted by Gasteiger charge is 2.13. The van der Waals surface area contributed by atoms with E-state index in [0.717, 1.165) is 23.4 Å². The summed E-state index contributed by atoms with van der Waals surface area (Å²) in [6, 6.07) is 12.4. The lowest BCUT2D eigenvalue weighted by molar-refractivity contribution is 0.532. The lowest BCUT2D eigenvalue weighted by Crippen LogP contribution is -2.21. The molecule has 20 heavy (non-hydrogen) atoms. The van der Waals surface area contributed by atoms with E-state index < -0.39 is 0 Å². The minimum Gasteiger partial charge on any atom is -0.330 e. The number of pyridine rings is 1. The molecule has 1 aromatic carbocycles. The number of fused-ring (bicyclic) bond motifs is 1. The van der Waals surface area contributed by atoms with Crippen molar-refractivity contribution >= 4 is 11.0 Å². The predicted molar refractivity (Wildman–Crippen MR) is 80.2 cm³/mol. The molecule has 0 aliphatic rings. The molecule has 3 aromatic rings. The molecule has 3 rings (SSSR count). The van der Waals surface area contributed by atoms with Crippen LogP contribution in [0, 0.1) is 0 Å². The van der Waals surface area contributed by atoms with Crippen LogP contribution in [0.5, 0.6) is 0 Å². The van der Waals surface area contributed by atoms with Crippen molar-refractivity contribution in [3.63, 3.8) is 0 Å². The van der Waals surface area contributed by atoms with E-state index in [9.17, 15) is 0 Å². The Hall–Kier alpha value is -2.20. The second-order valence-electron chi connectivity index (χ2n) is 4.98. The van der Waals surface area contributed by atoms with E-state index in [0.29, 0.717) is 0 Å². The van der Waals surface area contributed by atoms with Gasteiger partial charge in [-0.3, -0.25) is 4.98 Å². The average Bonchev–Trinajstić information content (AvgIpc) is 2.84. The van der Waals surface area contributed by atoms with Gasteiger partial charge in [-0.15, -0.1) is 0 Å². The van der Waals surface area contributed by atoms with Crippen molar-refractivity contribution in [2.75, 3.05) is 0 Å². The molecule has 2 heterocycles. The Kier molecular flexibility index (Phi) is 3.48. The Morgan fingerprint density at radius 2 is 2.05 bits per heavy atom. The van der Waals surface area contributed by atoms with Crippen LogP contribution in [0.25, 0.3) is 11.0 Å². The lowest BCUT2D eigenvalue weighted by Gasteiger charge is -2.13. The third kappa shape index (κ3) is 2.42. The summed E-state index contributed by atoms with van der Waals surface area (Å²) in [5, 5.41) is 3.49. The largest absolute Gasteiger partial charge is 0.330 e. The Balaban J connectivity index is 1.79. The van der Waals surface area contributed by atoms with Gasteiger partial charge >= 0.3 is 0 Å². The van der Waals surface area contributed by atoms with Crippen LogP contribution in [0.3, 0.4) is 0 Å². The maximum absolute atomic E-state index is 4.71. The highest BCUT2D eigenvalue weighted by atomic mass is 15.1. The van der Waals surface area contributed by atoms with Crippen LogP contribution in [0.2, 0.25) is 0 Å². The van der Waals surface area contributed by atoms with E-state index in [2.05, 4.69) is 41.0 Å². The first-order valence-electron chi connectivity index (χ1n) is 6.79. The summed E-state index contributed by atoms with van der Waals surface area (Å²) < 4.78 is 2.15. The first-order chi connectivity index (χ1) is 9.75. The van der Waals surface area contributed by atoms with E-state index in [1.54, 1.807) is 6.20 Å². The zero-order valence-electron chi connectivity index (χ0n) is 11.7. The summed E-state index contributed by atoms with van der Waals surface area (Å²) in [5.74, 6) is 1.05. The van der Waals surface area contributed by atoms with Crippen LogP contribution in [0.15, 0.2) is 48.8 Å². The van der Waals surface area contributed by atoms with Crippen LogP contribution >= 0.6 is 0 Å². The molecule has 1 N–H and O–H groups in total. The van der Waals surface area contributed by atoms with Crippen LogP contribution < -0.4 is 5.32 Å². The van der Waals surface area contributed by atoms with Crippen molar-refractivity contribution in [1.29, 1.82) is 0 Å². The van der Waals surface area contributed by atoms with E-state index in [-0.39, 0.29) is 6.04 Å². The highest BCUT2D eigenvalue weighted by molar-refractivity contribution is 5.75. The van der Waals surface area contributed by atoms with Crippen molar-refractivity contribution in [2.24, 2.45) is 7.05 Å². The third-order valence-corrected chi connectivity index (χ3v) is 3.54. The molecule has 0 bridgehead atoms. The van der Waals surface area contributed by atoms with Gasteiger partial charge in [0.05, 0.1) is 17.1 Å². The fourth-order valence-electron chi connectivity index (χ4n) is 2.42. The zero-order chi connectivity index (χ0) is 13.9. The van der Waals surface area contributed by atoms with Crippen LogP contribution in [-0.2, 0) is 13.6 Å². The van der Waals surface area contributed by atoms with Gasteiger partial charge in [0.2, 0.25) is 0 Å². The number of hydrogen-bond donors (Lipinski definition) is 1. The second kappa shape index (κ2) is 5.43. The molecule has 0 saturated heterocycles. The molecule has 0 saturated carbocycles. The normalized spacial score (nSPS) is 12.7. The van der Waals surface area contributed by atoms with Crippen molar-refractivity contribution in [1.82, 2.24) is 19.9 Å². The SMILES string of the molecule is C[C@H](NCc1cccnc1)c1nc2ccccc2n1C. The Bertz CT molecular complexity index is 703. The van der Waals surface area contributed by atoms with E-state index in [4.69, 9.17) is 4.98 Å². The summed E-state index contributed by atoms with van der Waals surface area (Å²) in [5.41, 5.74) is 3.38. The minimum atomic E-state index is 0.188. The Morgan fingerprint density at radius 1 is 1.20 bits per heavy atom. The van der Waals surface area contributed by atoms with Gasteiger partial charge < -0.3 is 9.88 Å². The molecule has 0 amide bonds. The van der Waals surface area contributed by atoms with Crippen molar-refractivity contribution in [3.05, 3.63) is 60.2 Å². The van der Waals surface area contributed by atoms with Crippen molar-refractivity contribution in [2.45, 2.75) is 19.5 Å². The minimum absolute atomic E-state index is 0.188. The van der Waals surface area contributed by atoms with Gasteiger partial charge in [0.25, 0.3) is 0 Å². The van der Waals surface area contributed by atoms with Gasteiger partial charge in [0, 0.05) is 26.0 Å². The number of aryl methyl sites for hydroxylation is 1. The number of hydrogen-bond acceptors (Lipinski definition) is 3. The number of nitrogens with zero attached hydrogens (tertiary/aromatic N) is 3. The number of benzene rings is 1. The summed E-state index contributed by atoms with van der Waals surface area (Å²) in [6.07, 6.45) is 3.67. The van der Waals surface area contributed by atoms with Gasteiger partial charge in [-0.25, -0.2) is 4.98 Å². The predicted octanol–water partition coefficient (Wildman–Crippen LogP) is 2.82. The van der Waals surface area contributed by atoms with Gasteiger partial charge in [-0.2, -0.15) is 0 Å². The summed E-state index contributed by atoms with van der Waals surface area (Å²) >= 11 is 0. The average molecular weight is 266 g/mol. The van der Waals surface area contributed by atoms with Crippen LogP contribution in [-0.4, -0.2) is 14.5 Å². The molecule has 4 nitrogen and oxygen atoms in total. The van der Waals surface area contributed by atoms with Gasteiger partial charge in [0.15, 0.2) is 0 Å². The summed E-state index contributed by atoms with van der Waals surface area (Å²) in [6.45, 7) is 2.93. The standard InChI is InChI=1S/C16H18N4/c1-12(18-11-13-6-5-9-17-10-13)16-19-14-7-3-4-8-15(14)20(16)2/h3-10,12,18H,11H2,1-2H3/t12-/m0/s1. The maximum Gasteiger partial charge on any atom is 0.126 e. The fourth-order valence-corrected chi connectivity index (χ4v) is 2.42. The van der Waals surface area contributed by atoms with Gasteiger partial charge in [-0.1, -0.05) is 18.2 Å². The smallest absolute Gasteiger partial charge is 0.126 e. The fraction of sp³-hybridized carbons (Fsp3) is 0.250. The Morgan fingerprint density at radius 3 is 2.80 bits per heavy atom. The molecule has 0 unspecified atom stereocenters. The molecule has 102 valence electrons. The number of rotatable bonds is 4. The van der Waals surface area contributed by atoms with E-state index in [1.807, 2.05) is 30.5 Å². The lowest BCUT2D eigenvalue weighted by atomic mass is 10.2. The molecule has 0 spiro atoms. The van der Waals surface area contributed by atoms with Gasteiger partial charge in [0.1, 0.15) is 5.82 Å². The maximum atomic E-state index is 4.71. The first kappa shape index (κ1) is 12.8. The summed E-state index contributed by atoms with van der Waals surface area (Å²) in [7, 11) is 2.06. The topological polar surface area (TPSA) is 42.7 Å². The quantitative estimate of drug-likeness (QED) is 0.789. The van der Waals surface area contributed by atoms with Crippen LogP contribution in [0.4, 0.5) is 0 Å². The third-order valence-electron chi connectivity index (χ3n) is 3.54. The zero-order valence-corrected chi connectivity index (χ0v) is 11.7. The molecule has 2 aromatic heterocycles. The van der Waals surface area contributed by atoms with Crippen molar-refractivity contribution in [3.8, 4) is 0 Å². The highest BCUT2D eigenvalue weighted by Crippen LogP contribution is 2.19. The first-order valence-corrected chi connectivity index (χ1v) is 6.79. The number of aromatic nitrogens is 3. The van der Waals surface area contributed by atoms with Gasteiger partial charge in [-0.05, 0) is 30.7 Å². The molecule has 0 fully saturated rings. The summed E-state index contributed by atoms with van der Waals surface area (Å²) in [4.78, 5) is 8.84. The molecular formula is C16H18N4. The molecular weight excluding hydrogens is 248 g/mol. The number of para-hydroxylation sites is 2. The number of nitrogens with one attached hydrogen (secondary N) is 1. The monoisotopic (exact) mass is 266 g/mol. The molecule has 0 aliphatic heterocycles. The van der Waals surface area contributed by atoms with Crippen molar-refractivity contribution < 1.29 is 0 Å². The van der Waals surface area contributed by atoms with E-state index >= 15 is 0 Å². The number of imidazole rings is 1. The molecule has 0 aliphatic carbocycles. The Labute approximate surface area is 118 Å². The molecule has 4 heteroatoms. The second-order valence-corrected chi connectivity index (χ2v) is 4.98. The van der Waals surface area contributed by atoms with Crippen LogP contribution in [0.1, 0.15) is 24.4 Å². The van der Waals surface area contributed by atoms with E-state index in [1.165, 1.54) is 5.56 Å².